The lowest BCUT2D eigenvalue weighted by atomic mass is 10.0. The van der Waals surface area contributed by atoms with E-state index in [0.29, 0.717) is 11.5 Å². The molecule has 0 aromatic heterocycles. The largest absolute Gasteiger partial charge is 0.271 e. The fourth-order valence-electron chi connectivity index (χ4n) is 2.18. The quantitative estimate of drug-likeness (QED) is 0.646. The minimum Gasteiger partial charge on any atom is -0.267 e. The number of benzene rings is 2. The highest BCUT2D eigenvalue weighted by molar-refractivity contribution is 6.02. The number of amides is 1. The number of nitrogens with zero attached hydrogens (tertiary/aromatic N) is 1. The van der Waals surface area contributed by atoms with E-state index in [-0.39, 0.29) is 5.91 Å². The number of hydrazone groups is 1. The van der Waals surface area contributed by atoms with E-state index in [4.69, 9.17) is 0 Å². The zero-order valence-corrected chi connectivity index (χ0v) is 13.3. The second-order valence-corrected chi connectivity index (χ2v) is 5.50. The topological polar surface area (TPSA) is 41.5 Å². The molecular weight excluding hydrogens is 272 g/mol. The van der Waals surface area contributed by atoms with Gasteiger partial charge in [-0.15, -0.1) is 0 Å². The van der Waals surface area contributed by atoms with E-state index in [1.165, 1.54) is 5.56 Å². The number of carbonyl (C=O) groups is 1. The molecule has 0 saturated carbocycles. The van der Waals surface area contributed by atoms with Crippen LogP contribution < -0.4 is 5.43 Å². The first-order chi connectivity index (χ1) is 10.6. The normalized spacial score (nSPS) is 11.5. The molecule has 2 aromatic carbocycles. The van der Waals surface area contributed by atoms with Crippen LogP contribution in [0, 0.1) is 0 Å². The molecule has 1 N–H and O–H groups in total. The van der Waals surface area contributed by atoms with Crippen LogP contribution in [0.3, 0.4) is 0 Å². The Balaban J connectivity index is 2.09. The first-order valence-electron chi connectivity index (χ1n) is 7.64. The van der Waals surface area contributed by atoms with E-state index in [9.17, 15) is 4.79 Å². The van der Waals surface area contributed by atoms with Gasteiger partial charge in [-0.2, -0.15) is 5.10 Å². The van der Waals surface area contributed by atoms with Crippen LogP contribution in [0.2, 0.25) is 0 Å². The molecule has 0 bridgehead atoms. The van der Waals surface area contributed by atoms with Crippen LogP contribution in [0.1, 0.15) is 54.6 Å². The molecule has 0 fully saturated rings. The fourth-order valence-corrected chi connectivity index (χ4v) is 2.18. The van der Waals surface area contributed by atoms with E-state index in [1.807, 2.05) is 61.5 Å². The van der Waals surface area contributed by atoms with Crippen LogP contribution in [0.5, 0.6) is 0 Å². The Morgan fingerprint density at radius 3 is 2.18 bits per heavy atom. The van der Waals surface area contributed by atoms with Crippen molar-refractivity contribution in [3.8, 4) is 0 Å². The Morgan fingerprint density at radius 2 is 1.64 bits per heavy atom. The molecule has 0 heterocycles. The third-order valence-electron chi connectivity index (χ3n) is 3.57. The number of hydrogen-bond donors (Lipinski definition) is 1. The Hall–Kier alpha value is -2.42. The van der Waals surface area contributed by atoms with Crippen LogP contribution >= 0.6 is 0 Å². The van der Waals surface area contributed by atoms with Gasteiger partial charge in [-0.05, 0) is 35.6 Å². The molecule has 0 radical (unpaired) electrons. The molecule has 2 rings (SSSR count). The predicted molar refractivity (Wildman–Crippen MR) is 91.3 cm³/mol. The van der Waals surface area contributed by atoms with Crippen LogP contribution in [0.4, 0.5) is 0 Å². The van der Waals surface area contributed by atoms with E-state index in [1.54, 1.807) is 0 Å². The van der Waals surface area contributed by atoms with Crippen molar-refractivity contribution in [3.63, 3.8) is 0 Å². The highest BCUT2D eigenvalue weighted by Crippen LogP contribution is 2.14. The summed E-state index contributed by atoms with van der Waals surface area (Å²) in [5, 5.41) is 4.26. The monoisotopic (exact) mass is 294 g/mol. The summed E-state index contributed by atoms with van der Waals surface area (Å²) in [6.45, 7) is 6.29. The molecule has 3 heteroatoms. The zero-order valence-electron chi connectivity index (χ0n) is 13.3. The predicted octanol–water partition coefficient (Wildman–Crippen LogP) is 4.35. The third kappa shape index (κ3) is 4.04. The van der Waals surface area contributed by atoms with Crippen molar-refractivity contribution in [3.05, 3.63) is 71.3 Å². The Labute approximate surface area is 132 Å². The van der Waals surface area contributed by atoms with E-state index in [0.717, 1.165) is 17.7 Å². The lowest BCUT2D eigenvalue weighted by molar-refractivity contribution is 0.0955. The highest BCUT2D eigenvalue weighted by Gasteiger charge is 2.07. The summed E-state index contributed by atoms with van der Waals surface area (Å²) >= 11 is 0. The molecule has 0 spiro atoms. The summed E-state index contributed by atoms with van der Waals surface area (Å²) in [6.07, 6.45) is 0.760. The first-order valence-corrected chi connectivity index (χ1v) is 7.64. The van der Waals surface area contributed by atoms with E-state index < -0.39 is 0 Å². The number of hydrogen-bond acceptors (Lipinski definition) is 2. The van der Waals surface area contributed by atoms with Gasteiger partial charge in [-0.25, -0.2) is 5.43 Å². The Morgan fingerprint density at radius 1 is 1.00 bits per heavy atom. The van der Waals surface area contributed by atoms with Crippen LogP contribution in [-0.2, 0) is 0 Å². The van der Waals surface area contributed by atoms with Crippen LogP contribution in [0.25, 0.3) is 0 Å². The second-order valence-electron chi connectivity index (χ2n) is 5.50. The summed E-state index contributed by atoms with van der Waals surface area (Å²) in [5.41, 5.74) is 6.39. The molecular formula is C19H22N2O. The molecule has 2 aromatic rings. The molecule has 0 saturated heterocycles. The highest BCUT2D eigenvalue weighted by atomic mass is 16.2. The first kappa shape index (κ1) is 16.0. The minimum absolute atomic E-state index is 0.183. The number of carbonyl (C=O) groups excluding carboxylic acids is 1. The van der Waals surface area contributed by atoms with Crippen LogP contribution in [0.15, 0.2) is 59.7 Å². The summed E-state index contributed by atoms with van der Waals surface area (Å²) in [5.74, 6) is 0.275. The number of nitrogens with one attached hydrogen (secondary N) is 1. The summed E-state index contributed by atoms with van der Waals surface area (Å²) in [6, 6.07) is 17.5. The smallest absolute Gasteiger partial charge is 0.267 e. The maximum absolute atomic E-state index is 12.2. The van der Waals surface area contributed by atoms with Crippen molar-refractivity contribution in [1.29, 1.82) is 0 Å². The van der Waals surface area contributed by atoms with Crippen molar-refractivity contribution in [2.75, 3.05) is 0 Å². The van der Waals surface area contributed by atoms with Gasteiger partial charge in [-0.1, -0.05) is 63.2 Å². The van der Waals surface area contributed by atoms with E-state index >= 15 is 0 Å². The van der Waals surface area contributed by atoms with E-state index in [2.05, 4.69) is 24.4 Å². The van der Waals surface area contributed by atoms with Gasteiger partial charge in [0.15, 0.2) is 0 Å². The summed E-state index contributed by atoms with van der Waals surface area (Å²) in [7, 11) is 0. The molecule has 1 amide bonds. The average molecular weight is 294 g/mol. The minimum atomic E-state index is -0.183. The summed E-state index contributed by atoms with van der Waals surface area (Å²) < 4.78 is 0. The van der Waals surface area contributed by atoms with Crippen molar-refractivity contribution in [2.24, 2.45) is 5.10 Å². The van der Waals surface area contributed by atoms with Crippen molar-refractivity contribution in [2.45, 2.75) is 33.1 Å². The zero-order chi connectivity index (χ0) is 15.9. The number of rotatable bonds is 5. The van der Waals surface area contributed by atoms with Crippen molar-refractivity contribution >= 4 is 11.6 Å². The lowest BCUT2D eigenvalue weighted by Crippen LogP contribution is -2.20. The molecule has 3 nitrogen and oxygen atoms in total. The van der Waals surface area contributed by atoms with Gasteiger partial charge in [0.1, 0.15) is 0 Å². The van der Waals surface area contributed by atoms with Crippen molar-refractivity contribution in [1.82, 2.24) is 5.43 Å². The average Bonchev–Trinajstić information content (AvgIpc) is 2.56. The van der Waals surface area contributed by atoms with Gasteiger partial charge < -0.3 is 0 Å². The SMILES string of the molecule is CC/C(=N\NC(=O)c1ccc(C(C)C)cc1)c1ccccc1. The van der Waals surface area contributed by atoms with Crippen LogP contribution in [-0.4, -0.2) is 11.6 Å². The Kier molecular flexibility index (Phi) is 5.48. The van der Waals surface area contributed by atoms with Gasteiger partial charge in [0, 0.05) is 5.56 Å². The molecule has 0 unspecified atom stereocenters. The third-order valence-corrected chi connectivity index (χ3v) is 3.57. The standard InChI is InChI=1S/C19H22N2O/c1-4-18(16-8-6-5-7-9-16)20-21-19(22)17-12-10-15(11-13-17)14(2)3/h5-14H,4H2,1-3H3,(H,21,22)/b20-18+. The molecule has 114 valence electrons. The molecule has 0 aliphatic carbocycles. The molecule has 0 aliphatic rings. The molecule has 0 aliphatic heterocycles. The molecule has 0 atom stereocenters. The van der Waals surface area contributed by atoms with Gasteiger partial charge in [-0.3, -0.25) is 4.79 Å². The maximum atomic E-state index is 12.2. The van der Waals surface area contributed by atoms with Gasteiger partial charge in [0.25, 0.3) is 5.91 Å². The van der Waals surface area contributed by atoms with Crippen molar-refractivity contribution < 1.29 is 4.79 Å². The fraction of sp³-hybridized carbons (Fsp3) is 0.263. The van der Waals surface area contributed by atoms with Gasteiger partial charge in [0.05, 0.1) is 5.71 Å². The summed E-state index contributed by atoms with van der Waals surface area (Å²) in [4.78, 5) is 12.2. The lowest BCUT2D eigenvalue weighted by Gasteiger charge is -2.07. The Bertz CT molecular complexity index is 643. The molecule has 22 heavy (non-hydrogen) atoms. The second kappa shape index (κ2) is 7.55. The maximum Gasteiger partial charge on any atom is 0.271 e. The van der Waals surface area contributed by atoms with Gasteiger partial charge in [0.2, 0.25) is 0 Å². The van der Waals surface area contributed by atoms with Gasteiger partial charge >= 0.3 is 0 Å².